The van der Waals surface area contributed by atoms with Crippen LogP contribution in [0, 0.1) is 20.8 Å². The van der Waals surface area contributed by atoms with Gasteiger partial charge in [-0.2, -0.15) is 0 Å². The summed E-state index contributed by atoms with van der Waals surface area (Å²) in [7, 11) is 0. The number of amides is 1. The number of benzene rings is 2. The standard InChI is InChI=1S/C20H20ClN5OS/c1-11-8-12(2)10-16(9-11)22-19(27)18-17(14-4-6-15(21)7-5-14)25-26-13(3)23-24-20(26)28-18/h4-10,17-18,25H,1-3H3,(H,22,27)/t17-,18+/m1/s1. The van der Waals surface area contributed by atoms with Crippen molar-refractivity contribution in [3.05, 3.63) is 70.0 Å². The smallest absolute Gasteiger partial charge is 0.240 e. The molecule has 2 heterocycles. The molecule has 0 bridgehead atoms. The zero-order chi connectivity index (χ0) is 19.8. The topological polar surface area (TPSA) is 71.8 Å². The van der Waals surface area contributed by atoms with E-state index in [1.165, 1.54) is 11.8 Å². The number of carbonyl (C=O) groups is 1. The Balaban J connectivity index is 1.67. The Kier molecular flexibility index (Phi) is 5.03. The second-order valence-corrected chi connectivity index (χ2v) is 8.47. The molecule has 1 aliphatic heterocycles. The van der Waals surface area contributed by atoms with Gasteiger partial charge in [-0.1, -0.05) is 41.6 Å². The van der Waals surface area contributed by atoms with Gasteiger partial charge in [0.25, 0.3) is 0 Å². The SMILES string of the molecule is Cc1cc(C)cc(NC(=O)[C@H]2Sc3nnc(C)n3N[C@@H]2c2ccc(Cl)cc2)c1. The van der Waals surface area contributed by atoms with Gasteiger partial charge in [-0.15, -0.1) is 10.2 Å². The van der Waals surface area contributed by atoms with Crippen LogP contribution in [0.3, 0.4) is 0 Å². The van der Waals surface area contributed by atoms with E-state index in [0.717, 1.165) is 28.2 Å². The van der Waals surface area contributed by atoms with Crippen LogP contribution in [0.5, 0.6) is 0 Å². The zero-order valence-corrected chi connectivity index (χ0v) is 17.3. The van der Waals surface area contributed by atoms with Crippen LogP contribution in [0.4, 0.5) is 5.69 Å². The molecule has 1 aliphatic rings. The molecule has 2 N–H and O–H groups in total. The molecule has 8 heteroatoms. The monoisotopic (exact) mass is 413 g/mol. The van der Waals surface area contributed by atoms with Crippen molar-refractivity contribution in [2.24, 2.45) is 0 Å². The number of aryl methyl sites for hydroxylation is 3. The maximum atomic E-state index is 13.2. The van der Waals surface area contributed by atoms with E-state index in [4.69, 9.17) is 11.6 Å². The number of hydrogen-bond acceptors (Lipinski definition) is 5. The molecule has 28 heavy (non-hydrogen) atoms. The Morgan fingerprint density at radius 3 is 2.46 bits per heavy atom. The maximum Gasteiger partial charge on any atom is 0.240 e. The minimum absolute atomic E-state index is 0.0886. The van der Waals surface area contributed by atoms with Crippen LogP contribution in [0.15, 0.2) is 47.6 Å². The highest BCUT2D eigenvalue weighted by Gasteiger charge is 2.37. The number of aromatic nitrogens is 3. The minimum atomic E-state index is -0.418. The summed E-state index contributed by atoms with van der Waals surface area (Å²) < 4.78 is 1.82. The van der Waals surface area contributed by atoms with Crippen molar-refractivity contribution >= 4 is 35.0 Å². The lowest BCUT2D eigenvalue weighted by molar-refractivity contribution is -0.116. The van der Waals surface area contributed by atoms with Gasteiger partial charge in [0.2, 0.25) is 11.1 Å². The second kappa shape index (κ2) is 7.48. The highest BCUT2D eigenvalue weighted by atomic mass is 35.5. The fraction of sp³-hybridized carbons (Fsp3) is 0.250. The Labute approximate surface area is 172 Å². The average molecular weight is 414 g/mol. The third-order valence-corrected chi connectivity index (χ3v) is 6.04. The molecule has 0 unspecified atom stereocenters. The van der Waals surface area contributed by atoms with Gasteiger partial charge in [-0.05, 0) is 61.7 Å². The first-order chi connectivity index (χ1) is 13.4. The summed E-state index contributed by atoms with van der Waals surface area (Å²) in [4.78, 5) is 13.2. The summed E-state index contributed by atoms with van der Waals surface area (Å²) in [6.45, 7) is 5.90. The Hall–Kier alpha value is -2.51. The van der Waals surface area contributed by atoms with E-state index < -0.39 is 5.25 Å². The van der Waals surface area contributed by atoms with E-state index in [1.807, 2.05) is 61.8 Å². The Morgan fingerprint density at radius 1 is 1.11 bits per heavy atom. The van der Waals surface area contributed by atoms with Crippen LogP contribution >= 0.6 is 23.4 Å². The number of carbonyl (C=O) groups excluding carboxylic acids is 1. The summed E-state index contributed by atoms with van der Waals surface area (Å²) in [6.07, 6.45) is 0. The molecule has 0 saturated heterocycles. The van der Waals surface area contributed by atoms with Crippen molar-refractivity contribution in [2.45, 2.75) is 37.2 Å². The third-order valence-electron chi connectivity index (χ3n) is 4.58. The predicted molar refractivity (Wildman–Crippen MR) is 113 cm³/mol. The Morgan fingerprint density at radius 2 is 1.79 bits per heavy atom. The molecular weight excluding hydrogens is 394 g/mol. The first-order valence-corrected chi connectivity index (χ1v) is 10.2. The van der Waals surface area contributed by atoms with Crippen LogP contribution in [0.2, 0.25) is 5.02 Å². The van der Waals surface area contributed by atoms with E-state index in [-0.39, 0.29) is 11.9 Å². The van der Waals surface area contributed by atoms with Crippen LogP contribution in [-0.4, -0.2) is 26.0 Å². The van der Waals surface area contributed by atoms with Gasteiger partial charge < -0.3 is 10.7 Å². The largest absolute Gasteiger partial charge is 0.325 e. The molecule has 1 aromatic heterocycles. The maximum absolute atomic E-state index is 13.2. The van der Waals surface area contributed by atoms with E-state index in [9.17, 15) is 4.79 Å². The zero-order valence-electron chi connectivity index (χ0n) is 15.7. The molecule has 144 valence electrons. The quantitative estimate of drug-likeness (QED) is 0.671. The average Bonchev–Trinajstić information content (AvgIpc) is 3.01. The molecule has 0 saturated carbocycles. The van der Waals surface area contributed by atoms with Crippen molar-refractivity contribution in [3.63, 3.8) is 0 Å². The van der Waals surface area contributed by atoms with E-state index in [1.54, 1.807) is 0 Å². The summed E-state index contributed by atoms with van der Waals surface area (Å²) in [6, 6.07) is 13.3. The fourth-order valence-corrected chi connectivity index (χ4v) is 4.59. The molecule has 0 aliphatic carbocycles. The second-order valence-electron chi connectivity index (χ2n) is 6.93. The van der Waals surface area contributed by atoms with Crippen LogP contribution in [-0.2, 0) is 4.79 Å². The van der Waals surface area contributed by atoms with Crippen molar-refractivity contribution in [1.82, 2.24) is 14.9 Å². The molecule has 0 fully saturated rings. The number of hydrogen-bond donors (Lipinski definition) is 2. The third kappa shape index (κ3) is 3.72. The number of halogens is 1. The first-order valence-electron chi connectivity index (χ1n) is 8.90. The number of thioether (sulfide) groups is 1. The highest BCUT2D eigenvalue weighted by molar-refractivity contribution is 8.00. The van der Waals surface area contributed by atoms with Crippen molar-refractivity contribution < 1.29 is 4.79 Å². The summed E-state index contributed by atoms with van der Waals surface area (Å²) in [5.74, 6) is 0.656. The fourth-order valence-electron chi connectivity index (χ4n) is 3.34. The molecule has 1 amide bonds. The van der Waals surface area contributed by atoms with Gasteiger partial charge in [-0.3, -0.25) is 4.79 Å². The number of anilines is 1. The molecule has 6 nitrogen and oxygen atoms in total. The molecule has 0 spiro atoms. The number of rotatable bonds is 3. The first kappa shape index (κ1) is 18.8. The van der Waals surface area contributed by atoms with E-state index in [2.05, 4.69) is 27.0 Å². The number of nitrogens with zero attached hydrogens (tertiary/aromatic N) is 3. The van der Waals surface area contributed by atoms with Crippen molar-refractivity contribution in [2.75, 3.05) is 10.7 Å². The van der Waals surface area contributed by atoms with Gasteiger partial charge in [0.05, 0.1) is 6.04 Å². The predicted octanol–water partition coefficient (Wildman–Crippen LogP) is 4.25. The molecule has 4 rings (SSSR count). The Bertz CT molecular complexity index is 1010. The lowest BCUT2D eigenvalue weighted by atomic mass is 10.0. The van der Waals surface area contributed by atoms with E-state index in [0.29, 0.717) is 10.2 Å². The lowest BCUT2D eigenvalue weighted by Crippen LogP contribution is -2.41. The van der Waals surface area contributed by atoms with Gasteiger partial charge in [-0.25, -0.2) is 4.68 Å². The number of fused-ring (bicyclic) bond motifs is 1. The van der Waals surface area contributed by atoms with Gasteiger partial charge in [0, 0.05) is 10.7 Å². The van der Waals surface area contributed by atoms with Crippen LogP contribution < -0.4 is 10.7 Å². The summed E-state index contributed by atoms with van der Waals surface area (Å²) in [5, 5.41) is 12.3. The summed E-state index contributed by atoms with van der Waals surface area (Å²) >= 11 is 7.45. The van der Waals surface area contributed by atoms with E-state index >= 15 is 0 Å². The van der Waals surface area contributed by atoms with Gasteiger partial charge >= 0.3 is 0 Å². The van der Waals surface area contributed by atoms with Crippen LogP contribution in [0.1, 0.15) is 28.6 Å². The molecular formula is C20H20ClN5OS. The molecule has 2 atom stereocenters. The van der Waals surface area contributed by atoms with Crippen molar-refractivity contribution in [1.29, 1.82) is 0 Å². The van der Waals surface area contributed by atoms with Crippen molar-refractivity contribution in [3.8, 4) is 0 Å². The lowest BCUT2D eigenvalue weighted by Gasteiger charge is -2.32. The molecule has 0 radical (unpaired) electrons. The minimum Gasteiger partial charge on any atom is -0.325 e. The van der Waals surface area contributed by atoms with Gasteiger partial charge in [0.15, 0.2) is 0 Å². The number of nitrogens with one attached hydrogen (secondary N) is 2. The van der Waals surface area contributed by atoms with Crippen LogP contribution in [0.25, 0.3) is 0 Å². The normalized spacial score (nSPS) is 18.3. The molecule has 2 aromatic carbocycles. The van der Waals surface area contributed by atoms with Gasteiger partial charge in [0.1, 0.15) is 11.1 Å². The summed E-state index contributed by atoms with van der Waals surface area (Å²) in [5.41, 5.74) is 7.36. The molecule has 3 aromatic rings. The highest BCUT2D eigenvalue weighted by Crippen LogP contribution is 2.37.